The molecule has 2 aliphatic heterocycles. The molecular weight excluding hydrogens is 716 g/mol. The van der Waals surface area contributed by atoms with Gasteiger partial charge in [-0.2, -0.15) is 0 Å². The van der Waals surface area contributed by atoms with Gasteiger partial charge in [0.15, 0.2) is 5.82 Å². The van der Waals surface area contributed by atoms with Crippen molar-refractivity contribution in [3.05, 3.63) is 80.0 Å². The van der Waals surface area contributed by atoms with Crippen molar-refractivity contribution < 1.29 is 23.4 Å². The molecule has 2 aromatic carbocycles. The summed E-state index contributed by atoms with van der Waals surface area (Å²) in [6, 6.07) is 9.06. The number of carbonyl (C=O) groups is 1. The van der Waals surface area contributed by atoms with E-state index in [2.05, 4.69) is 66.2 Å². The lowest BCUT2D eigenvalue weighted by Crippen LogP contribution is -2.49. The van der Waals surface area contributed by atoms with Gasteiger partial charge in [-0.05, 0) is 88.8 Å². The van der Waals surface area contributed by atoms with Crippen LogP contribution in [0.5, 0.6) is 5.75 Å². The number of rotatable bonds is 12. The number of nitrogens with one attached hydrogen (secondary N) is 2. The molecule has 0 unspecified atom stereocenters. The molecule has 2 aliphatic rings. The minimum atomic E-state index is -0.445. The largest absolute Gasteiger partial charge is 0.489 e. The summed E-state index contributed by atoms with van der Waals surface area (Å²) in [4.78, 5) is 37.9. The maximum Gasteiger partial charge on any atom is 0.336 e. The van der Waals surface area contributed by atoms with Crippen LogP contribution < -0.4 is 25.9 Å². The molecule has 1 fully saturated rings. The Morgan fingerprint density at radius 1 is 1.04 bits per heavy atom. The predicted octanol–water partition coefficient (Wildman–Crippen LogP) is 6.63. The van der Waals surface area contributed by atoms with Crippen molar-refractivity contribution in [2.45, 2.75) is 65.5 Å². The highest BCUT2D eigenvalue weighted by atomic mass is 79.9. The molecule has 6 rings (SSSR count). The van der Waals surface area contributed by atoms with Crippen LogP contribution in [0.1, 0.15) is 49.1 Å². The zero-order valence-corrected chi connectivity index (χ0v) is 31.6. The molecule has 2 amide bonds. The molecule has 0 aliphatic carbocycles. The summed E-state index contributed by atoms with van der Waals surface area (Å²) < 4.78 is 24.9. The molecule has 0 bridgehead atoms. The molecule has 4 heterocycles. The fraction of sp³-hybridized carbons (Fsp3) is 0.474. The number of hydrogen-bond acceptors (Lipinski definition) is 10. The van der Waals surface area contributed by atoms with Crippen LogP contribution in [0.3, 0.4) is 0 Å². The maximum atomic E-state index is 12.7. The molecule has 4 aromatic rings. The Morgan fingerprint density at radius 2 is 1.88 bits per heavy atom. The van der Waals surface area contributed by atoms with Gasteiger partial charge in [0.05, 0.1) is 37.0 Å². The number of urea groups is 1. The van der Waals surface area contributed by atoms with Crippen LogP contribution in [0.15, 0.2) is 56.4 Å². The Balaban J connectivity index is 0.962. The van der Waals surface area contributed by atoms with E-state index in [1.54, 1.807) is 12.3 Å². The standard InChI is InChI=1S/C38H47BrN6O6/c1-24-16-36(46)51-33-19-32-27(17-29(24)33)7-8-38(4,5)45(32)11-13-48-12-6-9-44-10-14-49-28(22-44)23-50-34-15-25(2)30(39)18-31(34)42-37(47)43-35-21-40-26(3)20-41-35/h15-21,28H,6-14,22-23H2,1-5H3,(H2,41,42,43,47)/t28-/m0/s1. The van der Waals surface area contributed by atoms with Crippen LogP contribution in [0, 0.1) is 20.8 Å². The van der Waals surface area contributed by atoms with Gasteiger partial charge in [-0.3, -0.25) is 15.2 Å². The summed E-state index contributed by atoms with van der Waals surface area (Å²) in [6.45, 7) is 15.8. The van der Waals surface area contributed by atoms with E-state index in [9.17, 15) is 9.59 Å². The molecule has 13 heteroatoms. The van der Waals surface area contributed by atoms with Crippen LogP contribution in [-0.2, 0) is 15.9 Å². The molecule has 12 nitrogen and oxygen atoms in total. The third kappa shape index (κ3) is 9.26. The van der Waals surface area contributed by atoms with Crippen molar-refractivity contribution in [3.63, 3.8) is 0 Å². The third-order valence-electron chi connectivity index (χ3n) is 9.58. The molecular formula is C38H47BrN6O6. The minimum Gasteiger partial charge on any atom is -0.489 e. The van der Waals surface area contributed by atoms with Crippen molar-refractivity contribution in [2.75, 3.05) is 68.1 Å². The fourth-order valence-corrected chi connectivity index (χ4v) is 7.03. The van der Waals surface area contributed by atoms with E-state index in [0.29, 0.717) is 49.3 Å². The van der Waals surface area contributed by atoms with E-state index < -0.39 is 6.03 Å². The van der Waals surface area contributed by atoms with E-state index in [1.807, 2.05) is 39.0 Å². The summed E-state index contributed by atoms with van der Waals surface area (Å²) in [5.74, 6) is 0.910. The summed E-state index contributed by atoms with van der Waals surface area (Å²) in [5, 5.41) is 6.57. The van der Waals surface area contributed by atoms with Gasteiger partial charge in [0.25, 0.3) is 0 Å². The number of morpholine rings is 1. The Kier molecular flexibility index (Phi) is 11.6. The van der Waals surface area contributed by atoms with E-state index in [-0.39, 0.29) is 17.3 Å². The number of amides is 2. The summed E-state index contributed by atoms with van der Waals surface area (Å²) in [6.07, 6.45) is 5.93. The van der Waals surface area contributed by atoms with Gasteiger partial charge in [0.2, 0.25) is 0 Å². The highest BCUT2D eigenvalue weighted by molar-refractivity contribution is 9.10. The van der Waals surface area contributed by atoms with Crippen LogP contribution in [0.2, 0.25) is 0 Å². The summed E-state index contributed by atoms with van der Waals surface area (Å²) in [7, 11) is 0. The Hall–Kier alpha value is -4.04. The molecule has 1 atom stereocenters. The second-order valence-electron chi connectivity index (χ2n) is 14.0. The first kappa shape index (κ1) is 36.7. The number of ether oxygens (including phenoxy) is 3. The smallest absolute Gasteiger partial charge is 0.336 e. The van der Waals surface area contributed by atoms with Crippen molar-refractivity contribution in [3.8, 4) is 5.75 Å². The number of aryl methyl sites for hydroxylation is 4. The van der Waals surface area contributed by atoms with E-state index >= 15 is 0 Å². The van der Waals surface area contributed by atoms with Crippen LogP contribution in [0.4, 0.5) is 22.0 Å². The molecule has 0 radical (unpaired) electrons. The minimum absolute atomic E-state index is 0.0339. The third-order valence-corrected chi connectivity index (χ3v) is 10.4. The number of anilines is 3. The van der Waals surface area contributed by atoms with Crippen molar-refractivity contribution in [1.29, 1.82) is 0 Å². The quantitative estimate of drug-likeness (QED) is 0.120. The average molecular weight is 764 g/mol. The maximum absolute atomic E-state index is 12.7. The monoisotopic (exact) mass is 762 g/mol. The lowest BCUT2D eigenvalue weighted by Gasteiger charge is -2.45. The van der Waals surface area contributed by atoms with Gasteiger partial charge in [0.1, 0.15) is 24.0 Å². The first-order valence-electron chi connectivity index (χ1n) is 17.5. The zero-order valence-electron chi connectivity index (χ0n) is 30.0. The van der Waals surface area contributed by atoms with Crippen molar-refractivity contribution in [2.24, 2.45) is 0 Å². The first-order chi connectivity index (χ1) is 24.4. The number of halogens is 1. The first-order valence-corrected chi connectivity index (χ1v) is 18.3. The topological polar surface area (TPSA) is 131 Å². The Labute approximate surface area is 307 Å². The number of carbonyl (C=O) groups excluding carboxylic acids is 1. The molecule has 272 valence electrons. The normalized spacial score (nSPS) is 17.3. The van der Waals surface area contributed by atoms with Gasteiger partial charge in [0, 0.05) is 66.0 Å². The van der Waals surface area contributed by atoms with Gasteiger partial charge in [-0.15, -0.1) is 0 Å². The fourth-order valence-electron chi connectivity index (χ4n) is 6.69. The van der Waals surface area contributed by atoms with Gasteiger partial charge in [-0.1, -0.05) is 15.9 Å². The van der Waals surface area contributed by atoms with Gasteiger partial charge < -0.3 is 28.8 Å². The molecule has 0 saturated carbocycles. The number of fused-ring (bicyclic) bond motifs is 2. The predicted molar refractivity (Wildman–Crippen MR) is 202 cm³/mol. The van der Waals surface area contributed by atoms with Crippen molar-refractivity contribution >= 4 is 50.1 Å². The van der Waals surface area contributed by atoms with Crippen LogP contribution in [0.25, 0.3) is 11.0 Å². The Morgan fingerprint density at radius 3 is 2.69 bits per heavy atom. The molecule has 2 aromatic heterocycles. The van der Waals surface area contributed by atoms with Gasteiger partial charge in [-0.25, -0.2) is 14.6 Å². The number of nitrogens with zero attached hydrogens (tertiary/aromatic N) is 4. The molecule has 2 N–H and O–H groups in total. The number of benzene rings is 2. The highest BCUT2D eigenvalue weighted by Gasteiger charge is 2.33. The van der Waals surface area contributed by atoms with E-state index in [1.165, 1.54) is 11.8 Å². The lowest BCUT2D eigenvalue weighted by molar-refractivity contribution is -0.0494. The highest BCUT2D eigenvalue weighted by Crippen LogP contribution is 2.39. The van der Waals surface area contributed by atoms with Crippen molar-refractivity contribution in [1.82, 2.24) is 14.9 Å². The van der Waals surface area contributed by atoms with E-state index in [4.69, 9.17) is 18.6 Å². The SMILES string of the molecule is Cc1cnc(NC(=O)Nc2cc(Br)c(C)cc2OC[C@@H]2CN(CCCOCCN3c4cc5oc(=O)cc(C)c5cc4CCC3(C)C)CCO2)cn1. The van der Waals surface area contributed by atoms with Gasteiger partial charge >= 0.3 is 11.7 Å². The number of hydrogen-bond donors (Lipinski definition) is 2. The molecule has 0 spiro atoms. The second kappa shape index (κ2) is 16.1. The average Bonchev–Trinajstić information content (AvgIpc) is 3.08. The summed E-state index contributed by atoms with van der Waals surface area (Å²) >= 11 is 3.56. The molecule has 1 saturated heterocycles. The lowest BCUT2D eigenvalue weighted by atomic mass is 9.86. The van der Waals surface area contributed by atoms with E-state index in [0.717, 1.165) is 77.8 Å². The Bertz CT molecular complexity index is 1920. The molecule has 51 heavy (non-hydrogen) atoms. The van der Waals surface area contributed by atoms with Crippen LogP contribution >= 0.6 is 15.9 Å². The zero-order chi connectivity index (χ0) is 36.1. The van der Waals surface area contributed by atoms with Crippen LogP contribution in [-0.4, -0.2) is 85.1 Å². The number of aromatic nitrogens is 2. The summed E-state index contributed by atoms with van der Waals surface area (Å²) in [5.41, 5.74) is 5.91. The second-order valence-corrected chi connectivity index (χ2v) is 14.8.